The monoisotopic (exact) mass is 597 g/mol. The lowest BCUT2D eigenvalue weighted by molar-refractivity contribution is -0.128. The molecule has 3 heterocycles. The summed E-state index contributed by atoms with van der Waals surface area (Å²) in [6.07, 6.45) is 2.78. The van der Waals surface area contributed by atoms with Crippen molar-refractivity contribution in [2.45, 2.75) is 51.3 Å². The summed E-state index contributed by atoms with van der Waals surface area (Å²) in [5, 5.41) is 15.7. The Morgan fingerprint density at radius 2 is 2.02 bits per heavy atom. The molecule has 232 valence electrons. The Hall–Kier alpha value is -4.20. The largest absolute Gasteiger partial charge is 0.456 e. The highest BCUT2D eigenvalue weighted by atomic mass is 16.6. The molecule has 0 aliphatic carbocycles. The number of rotatable bonds is 11. The first kappa shape index (κ1) is 31.2. The quantitative estimate of drug-likeness (QED) is 0.329. The van der Waals surface area contributed by atoms with Gasteiger partial charge in [0.1, 0.15) is 11.9 Å². The summed E-state index contributed by atoms with van der Waals surface area (Å²) < 4.78 is 12.1. The Labute approximate surface area is 260 Å². The first-order valence-electron chi connectivity index (χ1n) is 15.4. The van der Waals surface area contributed by atoms with E-state index in [2.05, 4.69) is 78.0 Å². The third kappa shape index (κ3) is 6.64. The Kier molecular flexibility index (Phi) is 9.98. The average Bonchev–Trinajstić information content (AvgIpc) is 3.49. The van der Waals surface area contributed by atoms with E-state index >= 15 is 0 Å². The minimum Gasteiger partial charge on any atom is -0.456 e. The van der Waals surface area contributed by atoms with Crippen molar-refractivity contribution in [3.8, 4) is 12.1 Å². The normalized spacial score (nSPS) is 20.1. The van der Waals surface area contributed by atoms with E-state index in [1.165, 1.54) is 22.4 Å². The number of hydrogen-bond acceptors (Lipinski definition) is 9. The highest BCUT2D eigenvalue weighted by Crippen LogP contribution is 2.30. The molecule has 10 heteroatoms. The number of nitrogens with one attached hydrogen (secondary N) is 1. The summed E-state index contributed by atoms with van der Waals surface area (Å²) in [5.74, 6) is 0.647. The molecule has 1 amide bonds. The molecule has 3 atom stereocenters. The topological polar surface area (TPSA) is 107 Å². The van der Waals surface area contributed by atoms with E-state index in [9.17, 15) is 10.1 Å². The zero-order valence-corrected chi connectivity index (χ0v) is 26.3. The Bertz CT molecular complexity index is 1530. The molecule has 2 saturated heterocycles. The van der Waals surface area contributed by atoms with Crippen LogP contribution in [0.25, 0.3) is 10.8 Å². The molecule has 2 aliphatic rings. The van der Waals surface area contributed by atoms with Gasteiger partial charge in [0.2, 0.25) is 5.91 Å². The van der Waals surface area contributed by atoms with E-state index in [0.29, 0.717) is 58.2 Å². The number of likely N-dealkylation sites (N-methyl/N-ethyl adjacent to an activating group) is 1. The highest BCUT2D eigenvalue weighted by Gasteiger charge is 2.34. The lowest BCUT2D eigenvalue weighted by Gasteiger charge is -2.41. The van der Waals surface area contributed by atoms with Crippen molar-refractivity contribution in [3.63, 3.8) is 0 Å². The van der Waals surface area contributed by atoms with Crippen molar-refractivity contribution in [2.75, 3.05) is 63.7 Å². The Morgan fingerprint density at radius 1 is 1.23 bits per heavy atom. The summed E-state index contributed by atoms with van der Waals surface area (Å²) in [4.78, 5) is 28.6. The molecule has 0 unspecified atom stereocenters. The number of anilines is 2. The Morgan fingerprint density at radius 3 is 2.75 bits per heavy atom. The standard InChI is InChI=1S/C34H43N7O3/c1-6-27-26(15-17-36-28-13-9-12-24-11-8-10-23(3)32(24)28)33(38-34(37-27)44-30-22-43-21-29(30)39(4)5)40-18-19-41(31(42)7-2)25(20-40)14-16-35/h7-13,25,29-30,36H,2,6,14-15,17-22H2,1,3-5H3/t25-,29-,30+/m0/s1. The number of aryl methyl sites for hydroxylation is 2. The number of aromatic nitrogens is 2. The first-order valence-corrected chi connectivity index (χ1v) is 15.4. The molecule has 44 heavy (non-hydrogen) atoms. The molecule has 5 rings (SSSR count). The fraction of sp³-hybridized carbons (Fsp3) is 0.471. The van der Waals surface area contributed by atoms with Gasteiger partial charge in [0, 0.05) is 42.8 Å². The van der Waals surface area contributed by atoms with E-state index in [1.807, 2.05) is 14.1 Å². The highest BCUT2D eigenvalue weighted by molar-refractivity contribution is 5.96. The van der Waals surface area contributed by atoms with Gasteiger partial charge in [-0.3, -0.25) is 4.79 Å². The molecule has 3 aromatic rings. The van der Waals surface area contributed by atoms with Crippen LogP contribution >= 0.6 is 0 Å². The lowest BCUT2D eigenvalue weighted by atomic mass is 10.0. The van der Waals surface area contributed by atoms with Crippen molar-refractivity contribution in [1.29, 1.82) is 5.26 Å². The van der Waals surface area contributed by atoms with Crippen molar-refractivity contribution in [3.05, 3.63) is 65.9 Å². The summed E-state index contributed by atoms with van der Waals surface area (Å²) in [7, 11) is 4.04. The second-order valence-corrected chi connectivity index (χ2v) is 11.7. The summed E-state index contributed by atoms with van der Waals surface area (Å²) >= 11 is 0. The fourth-order valence-electron chi connectivity index (χ4n) is 6.34. The molecule has 2 fully saturated rings. The number of piperazine rings is 1. The van der Waals surface area contributed by atoms with Crippen molar-refractivity contribution < 1.29 is 14.3 Å². The first-order chi connectivity index (χ1) is 21.3. The predicted octanol–water partition coefficient (Wildman–Crippen LogP) is 3.98. The number of nitriles is 1. The molecule has 10 nitrogen and oxygen atoms in total. The maximum atomic E-state index is 12.6. The van der Waals surface area contributed by atoms with Crippen LogP contribution < -0.4 is 15.0 Å². The Balaban J connectivity index is 1.46. The second kappa shape index (κ2) is 14.1. The van der Waals surface area contributed by atoms with Gasteiger partial charge in [-0.15, -0.1) is 0 Å². The predicted molar refractivity (Wildman–Crippen MR) is 173 cm³/mol. The fourth-order valence-corrected chi connectivity index (χ4v) is 6.34. The molecular weight excluding hydrogens is 554 g/mol. The number of carbonyl (C=O) groups excluding carboxylic acids is 1. The smallest absolute Gasteiger partial charge is 0.319 e. The van der Waals surface area contributed by atoms with Gasteiger partial charge in [-0.1, -0.05) is 43.8 Å². The molecule has 0 saturated carbocycles. The molecule has 0 spiro atoms. The number of ether oxygens (including phenoxy) is 2. The molecule has 1 aromatic heterocycles. The number of nitrogens with zero attached hydrogens (tertiary/aromatic N) is 6. The summed E-state index contributed by atoms with van der Waals surface area (Å²) in [5.41, 5.74) is 4.31. The van der Waals surface area contributed by atoms with E-state index in [1.54, 1.807) is 4.90 Å². The third-order valence-corrected chi connectivity index (χ3v) is 8.68. The van der Waals surface area contributed by atoms with E-state index in [4.69, 9.17) is 19.4 Å². The van der Waals surface area contributed by atoms with Gasteiger partial charge in [-0.25, -0.2) is 0 Å². The van der Waals surface area contributed by atoms with Crippen LogP contribution in [-0.2, 0) is 22.4 Å². The molecule has 0 bridgehead atoms. The zero-order chi connectivity index (χ0) is 31.2. The van der Waals surface area contributed by atoms with Crippen LogP contribution in [0, 0.1) is 18.3 Å². The summed E-state index contributed by atoms with van der Waals surface area (Å²) in [6, 6.07) is 15.1. The third-order valence-electron chi connectivity index (χ3n) is 8.68. The SMILES string of the molecule is C=CC(=O)N1CCN(c2nc(O[C@@H]3COC[C@@H]3N(C)C)nc(CC)c2CCNc2cccc3cccc(C)c23)C[C@@H]1CC#N. The maximum absolute atomic E-state index is 12.6. The number of carbonyl (C=O) groups is 1. The van der Waals surface area contributed by atoms with Gasteiger partial charge in [0.15, 0.2) is 0 Å². The van der Waals surface area contributed by atoms with Crippen LogP contribution in [0.3, 0.4) is 0 Å². The van der Waals surface area contributed by atoms with Gasteiger partial charge < -0.3 is 29.5 Å². The second-order valence-electron chi connectivity index (χ2n) is 11.7. The minimum atomic E-state index is -0.269. The van der Waals surface area contributed by atoms with Crippen molar-refractivity contribution >= 4 is 28.2 Å². The molecule has 2 aromatic carbocycles. The molecular formula is C34H43N7O3. The minimum absolute atomic E-state index is 0.105. The van der Waals surface area contributed by atoms with Crippen molar-refractivity contribution in [1.82, 2.24) is 19.8 Å². The van der Waals surface area contributed by atoms with Crippen LogP contribution in [0.15, 0.2) is 49.1 Å². The lowest BCUT2D eigenvalue weighted by Crippen LogP contribution is -2.55. The molecule has 0 radical (unpaired) electrons. The van der Waals surface area contributed by atoms with Crippen LogP contribution in [0.1, 0.15) is 30.2 Å². The van der Waals surface area contributed by atoms with Crippen LogP contribution in [0.2, 0.25) is 0 Å². The van der Waals surface area contributed by atoms with Crippen LogP contribution in [0.5, 0.6) is 6.01 Å². The van der Waals surface area contributed by atoms with Gasteiger partial charge in [-0.2, -0.15) is 15.2 Å². The van der Waals surface area contributed by atoms with Gasteiger partial charge in [0.25, 0.3) is 0 Å². The summed E-state index contributed by atoms with van der Waals surface area (Å²) in [6.45, 7) is 11.2. The van der Waals surface area contributed by atoms with Crippen LogP contribution in [0.4, 0.5) is 11.5 Å². The van der Waals surface area contributed by atoms with E-state index < -0.39 is 0 Å². The van der Waals surface area contributed by atoms with E-state index in [-0.39, 0.29) is 30.5 Å². The number of fused-ring (bicyclic) bond motifs is 1. The van der Waals surface area contributed by atoms with E-state index in [0.717, 1.165) is 22.8 Å². The molecule has 2 aliphatic heterocycles. The number of hydrogen-bond donors (Lipinski definition) is 1. The number of benzene rings is 2. The van der Waals surface area contributed by atoms with Crippen molar-refractivity contribution in [2.24, 2.45) is 0 Å². The number of amides is 1. The maximum Gasteiger partial charge on any atom is 0.319 e. The van der Waals surface area contributed by atoms with Gasteiger partial charge in [-0.05, 0) is 57.0 Å². The zero-order valence-electron chi connectivity index (χ0n) is 26.3. The molecule has 1 N–H and O–H groups in total. The van der Waals surface area contributed by atoms with Crippen LogP contribution in [-0.4, -0.2) is 97.4 Å². The average molecular weight is 598 g/mol. The van der Waals surface area contributed by atoms with Gasteiger partial charge in [0.05, 0.1) is 43.5 Å². The van der Waals surface area contributed by atoms with Gasteiger partial charge >= 0.3 is 6.01 Å².